The molecule has 0 unspecified atom stereocenters. The Kier molecular flexibility index (Phi) is 4.96. The first kappa shape index (κ1) is 20.3. The van der Waals surface area contributed by atoms with Gasteiger partial charge in [0.1, 0.15) is 0 Å². The summed E-state index contributed by atoms with van der Waals surface area (Å²) in [7, 11) is 1.70. The lowest BCUT2D eigenvalue weighted by Crippen LogP contribution is -2.40. The van der Waals surface area contributed by atoms with Crippen molar-refractivity contribution >= 4 is 22.8 Å². The van der Waals surface area contributed by atoms with Gasteiger partial charge in [-0.2, -0.15) is 4.98 Å². The molecule has 3 heterocycles. The van der Waals surface area contributed by atoms with Crippen LogP contribution in [0, 0.1) is 13.8 Å². The molecule has 0 atom stereocenters. The smallest absolute Gasteiger partial charge is 0.312 e. The Morgan fingerprint density at radius 1 is 0.969 bits per heavy atom. The molecule has 2 aromatic heterocycles. The van der Waals surface area contributed by atoms with Gasteiger partial charge < -0.3 is 9.47 Å². The highest BCUT2D eigenvalue weighted by Gasteiger charge is 2.27. The topological polar surface area (TPSA) is 65.1 Å². The zero-order valence-electron chi connectivity index (χ0n) is 18.7. The van der Waals surface area contributed by atoms with Crippen LogP contribution in [0.15, 0.2) is 58.1 Å². The molecule has 0 N–H and O–H groups in total. The van der Waals surface area contributed by atoms with Gasteiger partial charge in [-0.25, -0.2) is 4.79 Å². The number of hydrogen-bond acceptors (Lipinski definition) is 4. The number of rotatable bonds is 4. The molecule has 0 bridgehead atoms. The molecule has 1 aliphatic heterocycles. The third kappa shape index (κ3) is 3.25. The summed E-state index contributed by atoms with van der Waals surface area (Å²) in [6, 6.07) is 16.3. The van der Waals surface area contributed by atoms with Gasteiger partial charge in [-0.15, -0.1) is 0 Å². The zero-order valence-corrected chi connectivity index (χ0v) is 18.7. The molecule has 7 heteroatoms. The summed E-state index contributed by atoms with van der Waals surface area (Å²) in [5.41, 5.74) is 4.96. The summed E-state index contributed by atoms with van der Waals surface area (Å²) < 4.78 is 4.83. The van der Waals surface area contributed by atoms with Gasteiger partial charge >= 0.3 is 5.69 Å². The molecule has 32 heavy (non-hydrogen) atoms. The highest BCUT2D eigenvalue weighted by molar-refractivity contribution is 5.77. The lowest BCUT2D eigenvalue weighted by atomic mass is 10.1. The molecule has 2 aromatic carbocycles. The van der Waals surface area contributed by atoms with Gasteiger partial charge in [0.2, 0.25) is 5.95 Å². The second-order valence-corrected chi connectivity index (χ2v) is 8.54. The Morgan fingerprint density at radius 3 is 2.50 bits per heavy atom. The van der Waals surface area contributed by atoms with Crippen molar-refractivity contribution in [1.82, 2.24) is 18.7 Å². The number of imidazole rings is 1. The van der Waals surface area contributed by atoms with Crippen molar-refractivity contribution in [3.8, 4) is 0 Å². The van der Waals surface area contributed by atoms with Crippen molar-refractivity contribution < 1.29 is 0 Å². The molecule has 4 aromatic rings. The first-order valence-corrected chi connectivity index (χ1v) is 11.0. The van der Waals surface area contributed by atoms with Crippen molar-refractivity contribution in [2.24, 2.45) is 7.05 Å². The van der Waals surface area contributed by atoms with Crippen molar-refractivity contribution in [1.29, 1.82) is 0 Å². The summed E-state index contributed by atoms with van der Waals surface area (Å²) in [5, 5.41) is 0. The van der Waals surface area contributed by atoms with Gasteiger partial charge in [0.15, 0.2) is 11.2 Å². The van der Waals surface area contributed by atoms with E-state index >= 15 is 0 Å². The number of aryl methyl sites for hydroxylation is 5. The Hall–Kier alpha value is -3.61. The molecule has 0 fully saturated rings. The molecule has 0 aliphatic carbocycles. The van der Waals surface area contributed by atoms with Gasteiger partial charge in [0.05, 0.1) is 0 Å². The molecular weight excluding hydrogens is 402 g/mol. The fourth-order valence-corrected chi connectivity index (χ4v) is 4.49. The number of aromatic nitrogens is 4. The molecule has 164 valence electrons. The van der Waals surface area contributed by atoms with Crippen LogP contribution in [0.1, 0.15) is 23.1 Å². The van der Waals surface area contributed by atoms with E-state index < -0.39 is 0 Å². The van der Waals surface area contributed by atoms with Gasteiger partial charge in [0.25, 0.3) is 5.56 Å². The molecule has 0 saturated carbocycles. The molecule has 0 amide bonds. The number of fused-ring (bicyclic) bond motifs is 3. The van der Waals surface area contributed by atoms with E-state index in [1.165, 1.54) is 20.3 Å². The standard InChI is InChI=1S/C25H27N5O2/c1-17-10-11-20(16-18(17)2)28-13-7-14-29-21-22(26-24(28)29)27(3)25(32)30(23(21)31)15-12-19-8-5-4-6-9-19/h4-6,8-11,16H,7,12-15H2,1-3H3. The second kappa shape index (κ2) is 7.82. The van der Waals surface area contributed by atoms with Crippen LogP contribution in [0.3, 0.4) is 0 Å². The van der Waals surface area contributed by atoms with Gasteiger partial charge in [-0.05, 0) is 55.5 Å². The number of hydrogen-bond donors (Lipinski definition) is 0. The van der Waals surface area contributed by atoms with Gasteiger partial charge in [0, 0.05) is 32.4 Å². The highest BCUT2D eigenvalue weighted by Crippen LogP contribution is 2.31. The van der Waals surface area contributed by atoms with Gasteiger partial charge in [-0.1, -0.05) is 36.4 Å². The molecule has 1 aliphatic rings. The minimum atomic E-state index is -0.327. The maximum atomic E-state index is 13.5. The Morgan fingerprint density at radius 2 is 1.75 bits per heavy atom. The summed E-state index contributed by atoms with van der Waals surface area (Å²) >= 11 is 0. The Labute approximate surface area is 186 Å². The van der Waals surface area contributed by atoms with Gasteiger partial charge in [-0.3, -0.25) is 13.9 Å². The molecule has 7 nitrogen and oxygen atoms in total. The van der Waals surface area contributed by atoms with Crippen LogP contribution >= 0.6 is 0 Å². The molecular formula is C25H27N5O2. The van der Waals surface area contributed by atoms with E-state index in [1.807, 2.05) is 34.9 Å². The summed E-state index contributed by atoms with van der Waals surface area (Å²) in [6.07, 6.45) is 1.52. The van der Waals surface area contributed by atoms with Crippen LogP contribution in [0.2, 0.25) is 0 Å². The number of anilines is 2. The quantitative estimate of drug-likeness (QED) is 0.499. The summed E-state index contributed by atoms with van der Waals surface area (Å²) in [4.78, 5) is 33.4. The van der Waals surface area contributed by atoms with Crippen LogP contribution < -0.4 is 16.1 Å². The van der Waals surface area contributed by atoms with Crippen molar-refractivity contribution in [2.75, 3.05) is 11.4 Å². The molecule has 0 radical (unpaired) electrons. The second-order valence-electron chi connectivity index (χ2n) is 8.54. The first-order valence-electron chi connectivity index (χ1n) is 11.0. The van der Waals surface area contributed by atoms with E-state index in [1.54, 1.807) is 7.05 Å². The average Bonchev–Trinajstić information content (AvgIpc) is 3.20. The highest BCUT2D eigenvalue weighted by atomic mass is 16.2. The molecule has 0 saturated heterocycles. The maximum Gasteiger partial charge on any atom is 0.332 e. The third-order valence-electron chi connectivity index (χ3n) is 6.49. The van der Waals surface area contributed by atoms with E-state index in [9.17, 15) is 9.59 Å². The fourth-order valence-electron chi connectivity index (χ4n) is 4.49. The maximum absolute atomic E-state index is 13.5. The normalized spacial score (nSPS) is 13.5. The molecule has 5 rings (SSSR count). The molecule has 0 spiro atoms. The summed E-state index contributed by atoms with van der Waals surface area (Å²) in [6.45, 7) is 6.06. The van der Waals surface area contributed by atoms with E-state index in [4.69, 9.17) is 4.98 Å². The average molecular weight is 430 g/mol. The largest absolute Gasteiger partial charge is 0.332 e. The SMILES string of the molecule is Cc1ccc(N2CCCn3c2nc2c3c(=O)n(CCc3ccccc3)c(=O)n2C)cc1C. The van der Waals surface area contributed by atoms with E-state index in [2.05, 4.69) is 36.9 Å². The lowest BCUT2D eigenvalue weighted by molar-refractivity contribution is 0.585. The summed E-state index contributed by atoms with van der Waals surface area (Å²) in [5.74, 6) is 0.724. The Bertz CT molecular complexity index is 1430. The zero-order chi connectivity index (χ0) is 22.4. The third-order valence-corrected chi connectivity index (χ3v) is 6.49. The van der Waals surface area contributed by atoms with E-state index in [-0.39, 0.29) is 11.2 Å². The predicted octanol–water partition coefficient (Wildman–Crippen LogP) is 3.30. The minimum absolute atomic E-state index is 0.264. The monoisotopic (exact) mass is 429 g/mol. The van der Waals surface area contributed by atoms with Crippen molar-refractivity contribution in [2.45, 2.75) is 39.8 Å². The van der Waals surface area contributed by atoms with Crippen LogP contribution in [0.25, 0.3) is 11.2 Å². The minimum Gasteiger partial charge on any atom is -0.312 e. The van der Waals surface area contributed by atoms with Crippen LogP contribution in [0.5, 0.6) is 0 Å². The fraction of sp³-hybridized carbons (Fsp3) is 0.320. The van der Waals surface area contributed by atoms with Crippen molar-refractivity contribution in [3.05, 3.63) is 86.1 Å². The Balaban J connectivity index is 1.63. The number of nitrogens with zero attached hydrogens (tertiary/aromatic N) is 5. The van der Waals surface area contributed by atoms with Crippen LogP contribution in [-0.2, 0) is 26.6 Å². The van der Waals surface area contributed by atoms with Crippen molar-refractivity contribution in [3.63, 3.8) is 0 Å². The van der Waals surface area contributed by atoms with E-state index in [0.29, 0.717) is 30.7 Å². The number of benzene rings is 2. The lowest BCUT2D eigenvalue weighted by Gasteiger charge is -2.29. The van der Waals surface area contributed by atoms with Crippen LogP contribution in [0.4, 0.5) is 11.6 Å². The van der Waals surface area contributed by atoms with E-state index in [0.717, 1.165) is 30.2 Å². The first-order chi connectivity index (χ1) is 15.5. The van der Waals surface area contributed by atoms with Crippen LogP contribution in [-0.4, -0.2) is 25.2 Å². The predicted molar refractivity (Wildman–Crippen MR) is 127 cm³/mol.